The minimum absolute atomic E-state index is 0.113. The van der Waals surface area contributed by atoms with Gasteiger partial charge in [-0.15, -0.1) is 0 Å². The van der Waals surface area contributed by atoms with E-state index in [9.17, 15) is 9.59 Å². The number of amides is 2. The summed E-state index contributed by atoms with van der Waals surface area (Å²) < 4.78 is 0. The lowest BCUT2D eigenvalue weighted by molar-refractivity contribution is -0.133. The lowest BCUT2D eigenvalue weighted by Crippen LogP contribution is -2.34. The van der Waals surface area contributed by atoms with Crippen LogP contribution in [0, 0.1) is 11.8 Å². The van der Waals surface area contributed by atoms with Crippen molar-refractivity contribution in [3.63, 3.8) is 0 Å². The van der Waals surface area contributed by atoms with Gasteiger partial charge in [-0.25, -0.2) is 0 Å². The van der Waals surface area contributed by atoms with Gasteiger partial charge in [0.2, 0.25) is 11.8 Å². The molecule has 1 aliphatic rings. The first-order valence-corrected chi connectivity index (χ1v) is 3.66. The van der Waals surface area contributed by atoms with Crippen LogP contribution in [0.15, 0.2) is 0 Å². The standard InChI is InChI=1S/C7H12N2O2/c1-4-3-9-7(11)5(4)6(10)8-2/h4-5H,3H2,1-2H3,(H,8,10)(H,9,11)/t4-,5-/m0/s1. The zero-order valence-corrected chi connectivity index (χ0v) is 6.68. The molecule has 1 saturated heterocycles. The van der Waals surface area contributed by atoms with E-state index >= 15 is 0 Å². The van der Waals surface area contributed by atoms with Gasteiger partial charge < -0.3 is 10.6 Å². The number of carbonyl (C=O) groups is 2. The SMILES string of the molecule is CNC(=O)[C@H]1C(=O)NC[C@@H]1C. The van der Waals surface area contributed by atoms with Crippen molar-refractivity contribution in [1.29, 1.82) is 0 Å². The molecule has 0 radical (unpaired) electrons. The van der Waals surface area contributed by atoms with Gasteiger partial charge in [0.1, 0.15) is 5.92 Å². The van der Waals surface area contributed by atoms with Crippen molar-refractivity contribution >= 4 is 11.8 Å². The van der Waals surface area contributed by atoms with Crippen molar-refractivity contribution in [3.05, 3.63) is 0 Å². The molecule has 0 aromatic carbocycles. The summed E-state index contributed by atoms with van der Waals surface area (Å²) in [5.41, 5.74) is 0. The molecular weight excluding hydrogens is 144 g/mol. The Balaban J connectivity index is 2.68. The summed E-state index contributed by atoms with van der Waals surface area (Å²) in [6.45, 7) is 2.49. The van der Waals surface area contributed by atoms with Gasteiger partial charge in [0.15, 0.2) is 0 Å². The molecule has 4 heteroatoms. The van der Waals surface area contributed by atoms with Crippen LogP contribution in [0.25, 0.3) is 0 Å². The molecule has 2 N–H and O–H groups in total. The van der Waals surface area contributed by atoms with Crippen LogP contribution < -0.4 is 10.6 Å². The molecule has 0 aromatic heterocycles. The third kappa shape index (κ3) is 1.34. The maximum absolute atomic E-state index is 11.1. The summed E-state index contributed by atoms with van der Waals surface area (Å²) in [4.78, 5) is 22.1. The third-order valence-electron chi connectivity index (χ3n) is 1.98. The smallest absolute Gasteiger partial charge is 0.232 e. The topological polar surface area (TPSA) is 58.2 Å². The van der Waals surface area contributed by atoms with Crippen LogP contribution in [-0.4, -0.2) is 25.4 Å². The molecule has 4 nitrogen and oxygen atoms in total. The first kappa shape index (κ1) is 8.04. The van der Waals surface area contributed by atoms with Gasteiger partial charge in [-0.2, -0.15) is 0 Å². The lowest BCUT2D eigenvalue weighted by atomic mass is 9.97. The molecule has 2 atom stereocenters. The highest BCUT2D eigenvalue weighted by Crippen LogP contribution is 2.16. The van der Waals surface area contributed by atoms with Crippen molar-refractivity contribution in [2.24, 2.45) is 11.8 Å². The molecule has 1 fully saturated rings. The number of rotatable bonds is 1. The Labute approximate surface area is 65.3 Å². The van der Waals surface area contributed by atoms with Crippen LogP contribution in [-0.2, 0) is 9.59 Å². The summed E-state index contributed by atoms with van der Waals surface area (Å²) in [6.07, 6.45) is 0. The quantitative estimate of drug-likeness (QED) is 0.484. The number of hydrogen-bond acceptors (Lipinski definition) is 2. The molecule has 0 aliphatic carbocycles. The first-order valence-electron chi connectivity index (χ1n) is 3.66. The van der Waals surface area contributed by atoms with Crippen LogP contribution in [0.1, 0.15) is 6.92 Å². The summed E-state index contributed by atoms with van der Waals surface area (Å²) in [5.74, 6) is -0.716. The largest absolute Gasteiger partial charge is 0.358 e. The first-order chi connectivity index (χ1) is 5.16. The van der Waals surface area contributed by atoms with Crippen molar-refractivity contribution in [3.8, 4) is 0 Å². The Morgan fingerprint density at radius 1 is 1.73 bits per heavy atom. The minimum atomic E-state index is -0.486. The highest BCUT2D eigenvalue weighted by Gasteiger charge is 2.36. The van der Waals surface area contributed by atoms with Crippen LogP contribution in [0.3, 0.4) is 0 Å². The Kier molecular flexibility index (Phi) is 2.12. The normalized spacial score (nSPS) is 29.8. The van der Waals surface area contributed by atoms with Crippen LogP contribution in [0.2, 0.25) is 0 Å². The predicted molar refractivity (Wildman–Crippen MR) is 39.7 cm³/mol. The molecule has 0 aromatic rings. The van der Waals surface area contributed by atoms with Gasteiger partial charge in [0.25, 0.3) is 0 Å². The van der Waals surface area contributed by atoms with E-state index in [1.165, 1.54) is 0 Å². The van der Waals surface area contributed by atoms with E-state index in [0.29, 0.717) is 6.54 Å². The molecule has 62 valence electrons. The summed E-state index contributed by atoms with van der Waals surface area (Å²) in [5, 5.41) is 5.10. The zero-order valence-electron chi connectivity index (χ0n) is 6.68. The van der Waals surface area contributed by atoms with Gasteiger partial charge in [-0.1, -0.05) is 6.92 Å². The van der Waals surface area contributed by atoms with Gasteiger partial charge in [0, 0.05) is 13.6 Å². The molecular formula is C7H12N2O2. The highest BCUT2D eigenvalue weighted by atomic mass is 16.2. The van der Waals surface area contributed by atoms with Gasteiger partial charge in [-0.3, -0.25) is 9.59 Å². The maximum atomic E-state index is 11.1. The van der Waals surface area contributed by atoms with Crippen molar-refractivity contribution in [1.82, 2.24) is 10.6 Å². The van der Waals surface area contributed by atoms with E-state index in [-0.39, 0.29) is 17.7 Å². The van der Waals surface area contributed by atoms with E-state index in [0.717, 1.165) is 0 Å². The van der Waals surface area contributed by atoms with Crippen LogP contribution in [0.4, 0.5) is 0 Å². The van der Waals surface area contributed by atoms with E-state index in [1.807, 2.05) is 6.92 Å². The number of hydrogen-bond donors (Lipinski definition) is 2. The van der Waals surface area contributed by atoms with Crippen molar-refractivity contribution in [2.75, 3.05) is 13.6 Å². The number of carbonyl (C=O) groups excluding carboxylic acids is 2. The molecule has 0 bridgehead atoms. The fourth-order valence-electron chi connectivity index (χ4n) is 1.28. The average Bonchev–Trinajstić information content (AvgIpc) is 2.30. The Bertz CT molecular complexity index is 191. The molecule has 1 rings (SSSR count). The third-order valence-corrected chi connectivity index (χ3v) is 1.98. The molecule has 11 heavy (non-hydrogen) atoms. The zero-order chi connectivity index (χ0) is 8.43. The minimum Gasteiger partial charge on any atom is -0.358 e. The van der Waals surface area contributed by atoms with Crippen molar-refractivity contribution in [2.45, 2.75) is 6.92 Å². The highest BCUT2D eigenvalue weighted by molar-refractivity contribution is 6.01. The van der Waals surface area contributed by atoms with Gasteiger partial charge in [-0.05, 0) is 5.92 Å². The lowest BCUT2D eigenvalue weighted by Gasteiger charge is -2.08. The van der Waals surface area contributed by atoms with Crippen molar-refractivity contribution < 1.29 is 9.59 Å². The summed E-state index contributed by atoms with van der Waals surface area (Å²) >= 11 is 0. The fourth-order valence-corrected chi connectivity index (χ4v) is 1.28. The maximum Gasteiger partial charge on any atom is 0.232 e. The van der Waals surface area contributed by atoms with E-state index in [2.05, 4.69) is 10.6 Å². The van der Waals surface area contributed by atoms with E-state index < -0.39 is 5.92 Å². The van der Waals surface area contributed by atoms with Crippen LogP contribution >= 0.6 is 0 Å². The molecule has 2 amide bonds. The second-order valence-electron chi connectivity index (χ2n) is 2.81. The second kappa shape index (κ2) is 2.90. The van der Waals surface area contributed by atoms with Crippen LogP contribution in [0.5, 0.6) is 0 Å². The average molecular weight is 156 g/mol. The van der Waals surface area contributed by atoms with E-state index in [4.69, 9.17) is 0 Å². The Morgan fingerprint density at radius 2 is 2.36 bits per heavy atom. The molecule has 0 spiro atoms. The molecule has 1 heterocycles. The van der Waals surface area contributed by atoms with Gasteiger partial charge >= 0.3 is 0 Å². The summed E-state index contributed by atoms with van der Waals surface area (Å²) in [7, 11) is 1.54. The predicted octanol–water partition coefficient (Wildman–Crippen LogP) is -0.886. The van der Waals surface area contributed by atoms with E-state index in [1.54, 1.807) is 7.05 Å². The molecule has 0 unspecified atom stereocenters. The Hall–Kier alpha value is -1.06. The second-order valence-corrected chi connectivity index (χ2v) is 2.81. The van der Waals surface area contributed by atoms with Gasteiger partial charge in [0.05, 0.1) is 0 Å². The molecule has 0 saturated carbocycles. The Morgan fingerprint density at radius 3 is 2.73 bits per heavy atom. The fraction of sp³-hybridized carbons (Fsp3) is 0.714. The molecule has 1 aliphatic heterocycles. The summed E-state index contributed by atoms with van der Waals surface area (Å²) in [6, 6.07) is 0. The number of nitrogens with one attached hydrogen (secondary N) is 2. The monoisotopic (exact) mass is 156 g/mol.